The van der Waals surface area contributed by atoms with Crippen LogP contribution in [0, 0.1) is 0 Å². The number of likely N-dealkylation sites (tertiary alicyclic amines) is 1. The molecule has 100 valence electrons. The highest BCUT2D eigenvalue weighted by Gasteiger charge is 2.19. The van der Waals surface area contributed by atoms with Crippen LogP contribution in [0.5, 0.6) is 0 Å². The van der Waals surface area contributed by atoms with E-state index in [4.69, 9.17) is 0 Å². The minimum atomic E-state index is 0.528. The van der Waals surface area contributed by atoms with E-state index in [1.54, 1.807) is 0 Å². The van der Waals surface area contributed by atoms with Crippen LogP contribution in [-0.4, -0.2) is 40.6 Å². The number of aromatic nitrogens is 2. The van der Waals surface area contributed by atoms with E-state index in [0.717, 1.165) is 13.1 Å². The average molecular weight is 248 g/mol. The first-order chi connectivity index (χ1) is 8.93. The van der Waals surface area contributed by atoms with Crippen molar-refractivity contribution in [1.29, 1.82) is 0 Å². The maximum absolute atomic E-state index is 4.35. The molecule has 2 aliphatic rings. The first-order valence-electron chi connectivity index (χ1n) is 7.39. The summed E-state index contributed by atoms with van der Waals surface area (Å²) in [7, 11) is 0. The fourth-order valence-electron chi connectivity index (χ4n) is 3.17. The van der Waals surface area contributed by atoms with E-state index < -0.39 is 0 Å². The molecule has 1 aromatic rings. The zero-order valence-corrected chi connectivity index (χ0v) is 11.1. The van der Waals surface area contributed by atoms with Gasteiger partial charge in [0, 0.05) is 25.3 Å². The molecule has 2 aliphatic heterocycles. The van der Waals surface area contributed by atoms with Gasteiger partial charge in [-0.15, -0.1) is 0 Å². The van der Waals surface area contributed by atoms with Crippen LogP contribution >= 0.6 is 0 Å². The Morgan fingerprint density at radius 1 is 1.17 bits per heavy atom. The first-order valence-corrected chi connectivity index (χ1v) is 7.39. The number of imidazole rings is 1. The van der Waals surface area contributed by atoms with Crippen molar-refractivity contribution in [3.8, 4) is 0 Å². The van der Waals surface area contributed by atoms with Gasteiger partial charge in [-0.1, -0.05) is 6.42 Å². The zero-order valence-electron chi connectivity index (χ0n) is 11.1. The van der Waals surface area contributed by atoms with Crippen molar-refractivity contribution in [3.63, 3.8) is 0 Å². The Hall–Kier alpha value is -0.870. The number of hydrogen-bond donors (Lipinski definition) is 1. The molecule has 4 heteroatoms. The number of nitrogens with one attached hydrogen (secondary N) is 1. The van der Waals surface area contributed by atoms with E-state index in [-0.39, 0.29) is 0 Å². The van der Waals surface area contributed by atoms with Gasteiger partial charge in [0.15, 0.2) is 0 Å². The van der Waals surface area contributed by atoms with Crippen LogP contribution < -0.4 is 5.32 Å². The number of nitrogens with zero attached hydrogens (tertiary/aromatic N) is 3. The summed E-state index contributed by atoms with van der Waals surface area (Å²) in [5, 5.41) is 3.62. The third-order valence-corrected chi connectivity index (χ3v) is 4.27. The molecule has 1 N–H and O–H groups in total. The van der Waals surface area contributed by atoms with Gasteiger partial charge in [0.05, 0.1) is 12.0 Å². The second-order valence-electron chi connectivity index (χ2n) is 5.56. The van der Waals surface area contributed by atoms with E-state index in [9.17, 15) is 0 Å². The summed E-state index contributed by atoms with van der Waals surface area (Å²) in [5.41, 5.74) is 1.38. The lowest BCUT2D eigenvalue weighted by atomic mass is 10.0. The van der Waals surface area contributed by atoms with Crippen molar-refractivity contribution in [1.82, 2.24) is 19.8 Å². The van der Waals surface area contributed by atoms with Gasteiger partial charge in [0.2, 0.25) is 0 Å². The lowest BCUT2D eigenvalue weighted by Gasteiger charge is -2.25. The Morgan fingerprint density at radius 2 is 2.06 bits per heavy atom. The van der Waals surface area contributed by atoms with Gasteiger partial charge in [0.25, 0.3) is 0 Å². The topological polar surface area (TPSA) is 33.1 Å². The van der Waals surface area contributed by atoms with Gasteiger partial charge in [-0.3, -0.25) is 0 Å². The number of hydrogen-bond acceptors (Lipinski definition) is 3. The molecule has 0 aromatic carbocycles. The van der Waals surface area contributed by atoms with Crippen molar-refractivity contribution in [3.05, 3.63) is 18.2 Å². The van der Waals surface area contributed by atoms with Gasteiger partial charge < -0.3 is 14.8 Å². The minimum absolute atomic E-state index is 0.528. The van der Waals surface area contributed by atoms with Gasteiger partial charge in [-0.05, 0) is 45.3 Å². The molecule has 2 saturated heterocycles. The largest absolute Gasteiger partial charge is 0.332 e. The second kappa shape index (κ2) is 5.85. The van der Waals surface area contributed by atoms with Gasteiger partial charge in [0.1, 0.15) is 0 Å². The standard InChI is InChI=1S/C14H24N4/c1-2-6-16-13(5-1)14-11-15-12-18(14)10-9-17-7-3-4-8-17/h11-13,16H,1-10H2. The lowest BCUT2D eigenvalue weighted by molar-refractivity contribution is 0.314. The number of rotatable bonds is 4. The molecule has 0 bridgehead atoms. The van der Waals surface area contributed by atoms with Crippen LogP contribution in [-0.2, 0) is 6.54 Å². The van der Waals surface area contributed by atoms with Crippen molar-refractivity contribution >= 4 is 0 Å². The van der Waals surface area contributed by atoms with Crippen LogP contribution in [0.15, 0.2) is 12.5 Å². The van der Waals surface area contributed by atoms with Crippen LogP contribution in [0.4, 0.5) is 0 Å². The summed E-state index contributed by atoms with van der Waals surface area (Å²) >= 11 is 0. The molecule has 0 amide bonds. The van der Waals surface area contributed by atoms with Gasteiger partial charge in [-0.25, -0.2) is 4.98 Å². The summed E-state index contributed by atoms with van der Waals surface area (Å²) in [5.74, 6) is 0. The molecule has 4 nitrogen and oxygen atoms in total. The molecule has 3 heterocycles. The predicted molar refractivity (Wildman–Crippen MR) is 72.5 cm³/mol. The molecule has 0 radical (unpaired) electrons. The Balaban J connectivity index is 1.59. The Morgan fingerprint density at radius 3 is 2.83 bits per heavy atom. The highest BCUT2D eigenvalue weighted by Crippen LogP contribution is 2.22. The molecule has 1 unspecified atom stereocenters. The molecule has 18 heavy (non-hydrogen) atoms. The van der Waals surface area contributed by atoms with Crippen molar-refractivity contribution < 1.29 is 0 Å². The average Bonchev–Trinajstić information content (AvgIpc) is 3.09. The summed E-state index contributed by atoms with van der Waals surface area (Å²) < 4.78 is 2.35. The minimum Gasteiger partial charge on any atom is -0.332 e. The summed E-state index contributed by atoms with van der Waals surface area (Å²) in [6.45, 7) is 5.99. The fourth-order valence-corrected chi connectivity index (χ4v) is 3.17. The molecule has 3 rings (SSSR count). The molecular formula is C14H24N4. The SMILES string of the molecule is c1ncn(CCN2CCCC2)c1C1CCCCN1. The van der Waals surface area contributed by atoms with Crippen molar-refractivity contribution in [2.24, 2.45) is 0 Å². The highest BCUT2D eigenvalue weighted by atomic mass is 15.2. The normalized spacial score (nSPS) is 25.7. The highest BCUT2D eigenvalue weighted by molar-refractivity contribution is 5.06. The maximum Gasteiger partial charge on any atom is 0.0949 e. The third kappa shape index (κ3) is 2.75. The van der Waals surface area contributed by atoms with E-state index in [1.165, 1.54) is 57.4 Å². The Bertz CT molecular complexity index is 362. The summed E-state index contributed by atoms with van der Waals surface area (Å²) in [6, 6.07) is 0.528. The summed E-state index contributed by atoms with van der Waals surface area (Å²) in [4.78, 5) is 6.91. The summed E-state index contributed by atoms with van der Waals surface area (Å²) in [6.07, 6.45) is 10.7. The first kappa shape index (κ1) is 12.2. The van der Waals surface area contributed by atoms with Crippen LogP contribution in [0.25, 0.3) is 0 Å². The molecule has 2 fully saturated rings. The van der Waals surface area contributed by atoms with E-state index in [0.29, 0.717) is 6.04 Å². The van der Waals surface area contributed by atoms with Gasteiger partial charge in [-0.2, -0.15) is 0 Å². The third-order valence-electron chi connectivity index (χ3n) is 4.27. The predicted octanol–water partition coefficient (Wildman–Crippen LogP) is 1.79. The molecule has 0 spiro atoms. The quantitative estimate of drug-likeness (QED) is 0.882. The van der Waals surface area contributed by atoms with Crippen molar-refractivity contribution in [2.45, 2.75) is 44.7 Å². The smallest absolute Gasteiger partial charge is 0.0949 e. The monoisotopic (exact) mass is 248 g/mol. The Labute approximate surface area is 109 Å². The molecule has 1 aromatic heterocycles. The van der Waals surface area contributed by atoms with Crippen molar-refractivity contribution in [2.75, 3.05) is 26.2 Å². The van der Waals surface area contributed by atoms with E-state index in [2.05, 4.69) is 19.8 Å². The molecule has 0 saturated carbocycles. The molecule has 0 aliphatic carbocycles. The number of piperidine rings is 1. The van der Waals surface area contributed by atoms with E-state index >= 15 is 0 Å². The van der Waals surface area contributed by atoms with Gasteiger partial charge >= 0.3 is 0 Å². The van der Waals surface area contributed by atoms with E-state index in [1.807, 2.05) is 12.5 Å². The van der Waals surface area contributed by atoms with Crippen LogP contribution in [0.2, 0.25) is 0 Å². The fraction of sp³-hybridized carbons (Fsp3) is 0.786. The van der Waals surface area contributed by atoms with Crippen LogP contribution in [0.3, 0.4) is 0 Å². The molecular weight excluding hydrogens is 224 g/mol. The Kier molecular flexibility index (Phi) is 3.96. The zero-order chi connectivity index (χ0) is 12.2. The van der Waals surface area contributed by atoms with Crippen LogP contribution in [0.1, 0.15) is 43.8 Å². The second-order valence-corrected chi connectivity index (χ2v) is 5.56. The molecule has 1 atom stereocenters. The lowest BCUT2D eigenvalue weighted by Crippen LogP contribution is -2.30. The maximum atomic E-state index is 4.35.